The minimum atomic E-state index is -7.99. The Hall–Kier alpha value is -1.20. The first-order chi connectivity index (χ1) is 10.5. The molecule has 150 valence electrons. The molecule has 1 aliphatic heterocycles. The van der Waals surface area contributed by atoms with E-state index in [1.54, 1.807) is 0 Å². The Kier molecular flexibility index (Phi) is 4.32. The van der Waals surface area contributed by atoms with Crippen molar-refractivity contribution in [2.45, 2.75) is 42.7 Å². The molecular weight excluding hydrogens is 416 g/mol. The Bertz CT molecular complexity index is 482. The van der Waals surface area contributed by atoms with E-state index < -0.39 is 52.5 Å². The van der Waals surface area contributed by atoms with Crippen molar-refractivity contribution in [3.8, 4) is 0 Å². The van der Waals surface area contributed by atoms with Crippen LogP contribution in [0.4, 0.5) is 70.2 Å². The zero-order valence-corrected chi connectivity index (χ0v) is 10.4. The molecule has 0 bridgehead atoms. The Morgan fingerprint density at radius 3 is 0.760 bits per heavy atom. The molecule has 0 radical (unpaired) electrons. The summed E-state index contributed by atoms with van der Waals surface area (Å²) in [6.07, 6.45) is -15.2. The standard InChI is InChI=1S/C7F16N2/c8-1(9)2(10,11)24(6(18,19)20)4(14,15)5(16,17)25(3(1,12)13)7(21,22)23. The van der Waals surface area contributed by atoms with Crippen LogP contribution in [-0.2, 0) is 0 Å². The highest BCUT2D eigenvalue weighted by molar-refractivity contribution is 5.07. The maximum absolute atomic E-state index is 13.1. The lowest BCUT2D eigenvalue weighted by Gasteiger charge is -2.39. The van der Waals surface area contributed by atoms with Crippen molar-refractivity contribution in [1.82, 2.24) is 9.80 Å². The molecule has 0 saturated carbocycles. The highest BCUT2D eigenvalue weighted by Crippen LogP contribution is 2.63. The fraction of sp³-hybridized carbons (Fsp3) is 1.00. The second kappa shape index (κ2) is 4.95. The Labute approximate surface area is 124 Å². The summed E-state index contributed by atoms with van der Waals surface area (Å²) in [5, 5.41) is 0. The molecule has 0 atom stereocenters. The maximum Gasteiger partial charge on any atom is 0.469 e. The van der Waals surface area contributed by atoms with Gasteiger partial charge in [-0.25, -0.2) is 0 Å². The summed E-state index contributed by atoms with van der Waals surface area (Å²) in [5.41, 5.74) is 0. The van der Waals surface area contributed by atoms with Crippen molar-refractivity contribution in [1.29, 1.82) is 0 Å². The van der Waals surface area contributed by atoms with Crippen molar-refractivity contribution >= 4 is 0 Å². The topological polar surface area (TPSA) is 6.48 Å². The van der Waals surface area contributed by atoms with Crippen LogP contribution in [0.15, 0.2) is 0 Å². The van der Waals surface area contributed by atoms with Crippen molar-refractivity contribution in [3.63, 3.8) is 0 Å². The Morgan fingerprint density at radius 1 is 0.400 bits per heavy atom. The van der Waals surface area contributed by atoms with Crippen molar-refractivity contribution in [2.24, 2.45) is 0 Å². The fourth-order valence-corrected chi connectivity index (χ4v) is 1.72. The van der Waals surface area contributed by atoms with Crippen LogP contribution in [0.25, 0.3) is 0 Å². The maximum atomic E-state index is 13.1. The Morgan fingerprint density at radius 2 is 0.600 bits per heavy atom. The van der Waals surface area contributed by atoms with E-state index in [1.807, 2.05) is 0 Å². The normalized spacial score (nSPS) is 29.3. The Balaban J connectivity index is 4.05. The molecule has 0 aromatic heterocycles. The SMILES string of the molecule is FC(F)(F)N1C(F)(F)C(F)(F)N(C(F)(F)F)C(F)(F)C(F)(F)C1(F)F. The van der Waals surface area contributed by atoms with E-state index in [2.05, 4.69) is 0 Å². The van der Waals surface area contributed by atoms with Gasteiger partial charge < -0.3 is 0 Å². The van der Waals surface area contributed by atoms with Gasteiger partial charge in [0.1, 0.15) is 0 Å². The van der Waals surface area contributed by atoms with Gasteiger partial charge in [-0.15, -0.1) is 0 Å². The number of halogens is 16. The molecule has 0 amide bonds. The van der Waals surface area contributed by atoms with E-state index in [9.17, 15) is 70.2 Å². The van der Waals surface area contributed by atoms with Crippen LogP contribution in [-0.4, -0.2) is 52.5 Å². The third kappa shape index (κ3) is 2.58. The smallest absolute Gasteiger partial charge is 0.189 e. The lowest BCUT2D eigenvalue weighted by Crippen LogP contribution is -2.69. The monoisotopic (exact) mass is 416 g/mol. The summed E-state index contributed by atoms with van der Waals surface area (Å²) in [4.78, 5) is -8.68. The summed E-state index contributed by atoms with van der Waals surface area (Å²) < 4.78 is 204. The summed E-state index contributed by atoms with van der Waals surface area (Å²) in [6, 6.07) is -31.6. The van der Waals surface area contributed by atoms with Gasteiger partial charge in [0.15, 0.2) is 0 Å². The van der Waals surface area contributed by atoms with Gasteiger partial charge in [-0.1, -0.05) is 9.80 Å². The second-order valence-corrected chi connectivity index (χ2v) is 4.35. The highest BCUT2D eigenvalue weighted by atomic mass is 19.4. The lowest BCUT2D eigenvalue weighted by molar-refractivity contribution is -0.479. The molecule has 1 heterocycles. The summed E-state index contributed by atoms with van der Waals surface area (Å²) >= 11 is 0. The lowest BCUT2D eigenvalue weighted by atomic mass is 10.2. The van der Waals surface area contributed by atoms with Gasteiger partial charge in [0, 0.05) is 0 Å². The quantitative estimate of drug-likeness (QED) is 0.419. The van der Waals surface area contributed by atoms with Crippen LogP contribution in [0, 0.1) is 0 Å². The first kappa shape index (κ1) is 21.8. The van der Waals surface area contributed by atoms with Gasteiger partial charge in [-0.05, 0) is 0 Å². The molecule has 18 heteroatoms. The molecule has 1 aliphatic rings. The molecular formula is C7F16N2. The van der Waals surface area contributed by atoms with Gasteiger partial charge in [0.25, 0.3) is 0 Å². The zero-order chi connectivity index (χ0) is 20.7. The highest BCUT2D eigenvalue weighted by Gasteiger charge is 2.94. The summed E-state index contributed by atoms with van der Waals surface area (Å²) in [7, 11) is 0. The van der Waals surface area contributed by atoms with E-state index in [0.29, 0.717) is 0 Å². The van der Waals surface area contributed by atoms with Crippen LogP contribution >= 0.6 is 0 Å². The molecule has 25 heavy (non-hydrogen) atoms. The van der Waals surface area contributed by atoms with Crippen LogP contribution in [0.3, 0.4) is 0 Å². The van der Waals surface area contributed by atoms with Gasteiger partial charge >= 0.3 is 42.7 Å². The van der Waals surface area contributed by atoms with E-state index in [1.165, 1.54) is 0 Å². The van der Waals surface area contributed by atoms with E-state index in [-0.39, 0.29) is 0 Å². The first-order valence-electron chi connectivity index (χ1n) is 5.12. The first-order valence-corrected chi connectivity index (χ1v) is 5.12. The summed E-state index contributed by atoms with van der Waals surface area (Å²) in [6.45, 7) is 0. The van der Waals surface area contributed by atoms with E-state index in [4.69, 9.17) is 0 Å². The van der Waals surface area contributed by atoms with Crippen LogP contribution < -0.4 is 0 Å². The molecule has 0 N–H and O–H groups in total. The van der Waals surface area contributed by atoms with Crippen molar-refractivity contribution < 1.29 is 70.2 Å². The average Bonchev–Trinajstić information content (AvgIpc) is 2.21. The summed E-state index contributed by atoms with van der Waals surface area (Å²) in [5.74, 6) is -7.99. The molecule has 1 fully saturated rings. The van der Waals surface area contributed by atoms with Crippen LogP contribution in [0.2, 0.25) is 0 Å². The third-order valence-electron chi connectivity index (χ3n) is 2.75. The molecule has 0 spiro atoms. The second-order valence-electron chi connectivity index (χ2n) is 4.35. The molecule has 1 saturated heterocycles. The third-order valence-corrected chi connectivity index (χ3v) is 2.75. The van der Waals surface area contributed by atoms with E-state index in [0.717, 1.165) is 0 Å². The number of hydrogen-bond donors (Lipinski definition) is 0. The van der Waals surface area contributed by atoms with Gasteiger partial charge in [-0.2, -0.15) is 70.2 Å². The van der Waals surface area contributed by atoms with Crippen LogP contribution in [0.1, 0.15) is 0 Å². The average molecular weight is 416 g/mol. The van der Waals surface area contributed by atoms with Crippen molar-refractivity contribution in [2.75, 3.05) is 0 Å². The largest absolute Gasteiger partial charge is 0.469 e. The molecule has 0 aromatic rings. The fourth-order valence-electron chi connectivity index (χ4n) is 1.72. The predicted octanol–water partition coefficient (Wildman–Crippen LogP) is 4.65. The number of nitrogens with zero attached hydrogens (tertiary/aromatic N) is 2. The van der Waals surface area contributed by atoms with Gasteiger partial charge in [0.2, 0.25) is 0 Å². The van der Waals surface area contributed by atoms with E-state index >= 15 is 0 Å². The number of hydrogen-bond acceptors (Lipinski definition) is 2. The van der Waals surface area contributed by atoms with Gasteiger partial charge in [-0.3, -0.25) is 0 Å². The van der Waals surface area contributed by atoms with Gasteiger partial charge in [0.05, 0.1) is 0 Å². The zero-order valence-electron chi connectivity index (χ0n) is 10.4. The predicted molar refractivity (Wildman–Crippen MR) is 40.5 cm³/mol. The molecule has 0 aliphatic carbocycles. The van der Waals surface area contributed by atoms with Crippen molar-refractivity contribution in [3.05, 3.63) is 0 Å². The number of alkyl halides is 16. The molecule has 2 nitrogen and oxygen atoms in total. The van der Waals surface area contributed by atoms with Crippen LogP contribution in [0.5, 0.6) is 0 Å². The minimum Gasteiger partial charge on any atom is -0.189 e. The molecule has 0 unspecified atom stereocenters. The molecule has 1 rings (SSSR count). The number of rotatable bonds is 0. The molecule has 0 aromatic carbocycles. The minimum absolute atomic E-state index is 4.34.